The molecule has 0 aliphatic heterocycles. The lowest BCUT2D eigenvalue weighted by atomic mass is 10.1. The molecule has 4 heteroatoms. The van der Waals surface area contributed by atoms with E-state index in [-0.39, 0.29) is 5.91 Å². The van der Waals surface area contributed by atoms with Gasteiger partial charge in [0.15, 0.2) is 0 Å². The van der Waals surface area contributed by atoms with Gasteiger partial charge in [-0.05, 0) is 52.9 Å². The van der Waals surface area contributed by atoms with Gasteiger partial charge in [-0.15, -0.1) is 11.3 Å². The molecule has 0 unspecified atom stereocenters. The molecule has 0 bridgehead atoms. The molecule has 2 rings (SSSR count). The predicted octanol–water partition coefficient (Wildman–Crippen LogP) is 4.06. The Kier molecular flexibility index (Phi) is 4.19. The van der Waals surface area contributed by atoms with Crippen LogP contribution in [0.3, 0.4) is 0 Å². The molecule has 1 N–H and O–H groups in total. The number of thiophene rings is 1. The second-order valence-electron chi connectivity index (χ2n) is 4.19. The topological polar surface area (TPSA) is 29.1 Å². The first-order chi connectivity index (χ1) is 8.58. The molecule has 0 fully saturated rings. The maximum Gasteiger partial charge on any atom is 0.251 e. The van der Waals surface area contributed by atoms with Gasteiger partial charge < -0.3 is 5.32 Å². The average Bonchev–Trinajstić information content (AvgIpc) is 2.72. The Bertz CT molecular complexity index is 577. The third-order valence-electron chi connectivity index (χ3n) is 2.73. The number of rotatable bonds is 3. The van der Waals surface area contributed by atoms with Crippen LogP contribution in [0.4, 0.5) is 0 Å². The molecule has 2 aromatic rings. The highest BCUT2D eigenvalue weighted by Crippen LogP contribution is 2.22. The summed E-state index contributed by atoms with van der Waals surface area (Å²) in [5.74, 6) is -0.0206. The average molecular weight is 324 g/mol. The molecule has 1 aromatic carbocycles. The second-order valence-corrected chi connectivity index (χ2v) is 6.05. The fourth-order valence-corrected chi connectivity index (χ4v) is 3.21. The normalized spacial score (nSPS) is 10.4. The summed E-state index contributed by atoms with van der Waals surface area (Å²) in [6, 6.07) is 7.85. The molecule has 0 saturated heterocycles. The fourth-order valence-electron chi connectivity index (χ4n) is 1.78. The summed E-state index contributed by atoms with van der Waals surface area (Å²) in [7, 11) is 0. The van der Waals surface area contributed by atoms with Crippen molar-refractivity contribution in [3.63, 3.8) is 0 Å². The maximum absolute atomic E-state index is 12.1. The zero-order valence-electron chi connectivity index (χ0n) is 10.3. The van der Waals surface area contributed by atoms with Gasteiger partial charge in [0.05, 0.1) is 6.54 Å². The zero-order chi connectivity index (χ0) is 13.1. The number of amides is 1. The van der Waals surface area contributed by atoms with Crippen LogP contribution in [0.1, 0.15) is 26.4 Å². The van der Waals surface area contributed by atoms with E-state index in [0.29, 0.717) is 6.54 Å². The van der Waals surface area contributed by atoms with E-state index < -0.39 is 0 Å². The van der Waals surface area contributed by atoms with Crippen LogP contribution < -0.4 is 5.32 Å². The van der Waals surface area contributed by atoms with E-state index in [1.165, 1.54) is 5.56 Å². The predicted molar refractivity (Wildman–Crippen MR) is 79.1 cm³/mol. The first kappa shape index (κ1) is 13.3. The molecule has 0 spiro atoms. The summed E-state index contributed by atoms with van der Waals surface area (Å²) in [6.07, 6.45) is 0. The van der Waals surface area contributed by atoms with E-state index in [2.05, 4.69) is 21.2 Å². The third-order valence-corrected chi connectivity index (χ3v) is 4.65. The SMILES string of the molecule is Cc1ccc(C(=O)NCc2sccc2Br)c(C)c1. The van der Waals surface area contributed by atoms with Gasteiger partial charge in [0.25, 0.3) is 5.91 Å². The number of carbonyl (C=O) groups is 1. The Hall–Kier alpha value is -1.13. The van der Waals surface area contributed by atoms with E-state index in [1.807, 2.05) is 43.5 Å². The van der Waals surface area contributed by atoms with Crippen LogP contribution in [0.15, 0.2) is 34.1 Å². The molecular weight excluding hydrogens is 310 g/mol. The monoisotopic (exact) mass is 323 g/mol. The van der Waals surface area contributed by atoms with Gasteiger partial charge in [-0.2, -0.15) is 0 Å². The minimum Gasteiger partial charge on any atom is -0.347 e. The van der Waals surface area contributed by atoms with Gasteiger partial charge in [-0.1, -0.05) is 17.7 Å². The summed E-state index contributed by atoms with van der Waals surface area (Å²) in [6.45, 7) is 4.55. The molecule has 1 amide bonds. The van der Waals surface area contributed by atoms with Crippen molar-refractivity contribution >= 4 is 33.2 Å². The van der Waals surface area contributed by atoms with Crippen molar-refractivity contribution in [3.8, 4) is 0 Å². The molecule has 0 radical (unpaired) electrons. The van der Waals surface area contributed by atoms with Crippen molar-refractivity contribution in [2.24, 2.45) is 0 Å². The molecule has 2 nitrogen and oxygen atoms in total. The summed E-state index contributed by atoms with van der Waals surface area (Å²) >= 11 is 5.09. The molecule has 0 atom stereocenters. The highest BCUT2D eigenvalue weighted by Gasteiger charge is 2.09. The minimum atomic E-state index is -0.0206. The molecular formula is C14H14BrNOS. The standard InChI is InChI=1S/C14H14BrNOS/c1-9-3-4-11(10(2)7-9)14(17)16-8-13-12(15)5-6-18-13/h3-7H,8H2,1-2H3,(H,16,17). The van der Waals surface area contributed by atoms with Crippen LogP contribution >= 0.6 is 27.3 Å². The zero-order valence-corrected chi connectivity index (χ0v) is 12.7. The van der Waals surface area contributed by atoms with E-state index in [1.54, 1.807) is 11.3 Å². The molecule has 94 valence electrons. The van der Waals surface area contributed by atoms with E-state index in [4.69, 9.17) is 0 Å². The lowest BCUT2D eigenvalue weighted by Crippen LogP contribution is -2.23. The lowest BCUT2D eigenvalue weighted by molar-refractivity contribution is 0.0950. The highest BCUT2D eigenvalue weighted by molar-refractivity contribution is 9.10. The lowest BCUT2D eigenvalue weighted by Gasteiger charge is -2.08. The number of hydrogen-bond donors (Lipinski definition) is 1. The first-order valence-corrected chi connectivity index (χ1v) is 7.32. The Morgan fingerprint density at radius 2 is 2.11 bits per heavy atom. The Morgan fingerprint density at radius 3 is 2.72 bits per heavy atom. The van der Waals surface area contributed by atoms with Crippen LogP contribution in [0.2, 0.25) is 0 Å². The summed E-state index contributed by atoms with van der Waals surface area (Å²) in [5, 5.41) is 4.95. The minimum absolute atomic E-state index is 0.0206. The summed E-state index contributed by atoms with van der Waals surface area (Å²) in [5.41, 5.74) is 2.93. The highest BCUT2D eigenvalue weighted by atomic mass is 79.9. The smallest absolute Gasteiger partial charge is 0.251 e. The van der Waals surface area contributed by atoms with Crippen LogP contribution in [-0.2, 0) is 6.54 Å². The Morgan fingerprint density at radius 1 is 1.33 bits per heavy atom. The quantitative estimate of drug-likeness (QED) is 0.906. The molecule has 0 saturated carbocycles. The number of hydrogen-bond acceptors (Lipinski definition) is 2. The van der Waals surface area contributed by atoms with E-state index in [9.17, 15) is 4.79 Å². The number of halogens is 1. The Balaban J connectivity index is 2.06. The molecule has 1 aromatic heterocycles. The van der Waals surface area contributed by atoms with Gasteiger partial charge >= 0.3 is 0 Å². The van der Waals surface area contributed by atoms with Gasteiger partial charge in [0.1, 0.15) is 0 Å². The van der Waals surface area contributed by atoms with Crippen LogP contribution in [0, 0.1) is 13.8 Å². The van der Waals surface area contributed by atoms with Crippen molar-refractivity contribution in [3.05, 3.63) is 55.7 Å². The number of nitrogens with one attached hydrogen (secondary N) is 1. The van der Waals surface area contributed by atoms with Crippen molar-refractivity contribution in [2.45, 2.75) is 20.4 Å². The van der Waals surface area contributed by atoms with Gasteiger partial charge in [-0.25, -0.2) is 0 Å². The van der Waals surface area contributed by atoms with Gasteiger partial charge in [0.2, 0.25) is 0 Å². The van der Waals surface area contributed by atoms with Crippen LogP contribution in [0.25, 0.3) is 0 Å². The summed E-state index contributed by atoms with van der Waals surface area (Å²) < 4.78 is 1.05. The third kappa shape index (κ3) is 3.00. The van der Waals surface area contributed by atoms with Crippen molar-refractivity contribution < 1.29 is 4.79 Å². The number of benzene rings is 1. The number of aryl methyl sites for hydroxylation is 2. The molecule has 0 aliphatic carbocycles. The van der Waals surface area contributed by atoms with Crippen molar-refractivity contribution in [1.29, 1.82) is 0 Å². The van der Waals surface area contributed by atoms with Gasteiger partial charge in [-0.3, -0.25) is 4.79 Å². The van der Waals surface area contributed by atoms with Crippen molar-refractivity contribution in [1.82, 2.24) is 5.32 Å². The van der Waals surface area contributed by atoms with Crippen LogP contribution in [-0.4, -0.2) is 5.91 Å². The van der Waals surface area contributed by atoms with Gasteiger partial charge in [0, 0.05) is 14.9 Å². The fraction of sp³-hybridized carbons (Fsp3) is 0.214. The summed E-state index contributed by atoms with van der Waals surface area (Å²) in [4.78, 5) is 13.2. The maximum atomic E-state index is 12.1. The van der Waals surface area contributed by atoms with Crippen LogP contribution in [0.5, 0.6) is 0 Å². The molecule has 0 aliphatic rings. The van der Waals surface area contributed by atoms with E-state index in [0.717, 1.165) is 20.5 Å². The second kappa shape index (κ2) is 5.67. The van der Waals surface area contributed by atoms with Crippen molar-refractivity contribution in [2.75, 3.05) is 0 Å². The largest absolute Gasteiger partial charge is 0.347 e. The number of carbonyl (C=O) groups excluding carboxylic acids is 1. The molecule has 1 heterocycles. The van der Waals surface area contributed by atoms with E-state index >= 15 is 0 Å². The first-order valence-electron chi connectivity index (χ1n) is 5.65. The molecule has 18 heavy (non-hydrogen) atoms. The Labute approximate surface area is 119 Å².